The number of halogens is 1. The monoisotopic (exact) mass is 230 g/mol. The molecule has 5 heteroatoms. The molecule has 10 heavy (non-hydrogen) atoms. The summed E-state index contributed by atoms with van der Waals surface area (Å²) in [6, 6.07) is 0. The van der Waals surface area contributed by atoms with Crippen LogP contribution in [0.3, 0.4) is 0 Å². The molecular formula is C5H14BrNO2P+. The fourth-order valence-electron chi connectivity index (χ4n) is 0.400. The minimum Gasteiger partial charge on any atom is -0.329 e. The van der Waals surface area contributed by atoms with E-state index in [0.717, 1.165) is 11.0 Å². The average Bonchev–Trinajstić information content (AvgIpc) is 1.59. The third kappa shape index (κ3) is 8.63. The number of hydrogen-bond donors (Lipinski definition) is 0. The molecule has 0 spiro atoms. The van der Waals surface area contributed by atoms with Gasteiger partial charge in [-0.05, 0) is 0 Å². The van der Waals surface area contributed by atoms with Crippen molar-refractivity contribution in [3.63, 3.8) is 0 Å². The van der Waals surface area contributed by atoms with Crippen LogP contribution in [0.4, 0.5) is 0 Å². The Hall–Kier alpha value is 0.630. The maximum atomic E-state index is 10.4. The van der Waals surface area contributed by atoms with Gasteiger partial charge in [0.2, 0.25) is 0 Å². The fraction of sp³-hybridized carbons (Fsp3) is 1.00. The van der Waals surface area contributed by atoms with Crippen molar-refractivity contribution in [3.8, 4) is 0 Å². The predicted octanol–water partition coefficient (Wildman–Crippen LogP) is 1.49. The summed E-state index contributed by atoms with van der Waals surface area (Å²) in [6.45, 7) is -0.479. The van der Waals surface area contributed by atoms with Crippen LogP contribution in [0.25, 0.3) is 0 Å². The number of quaternary nitrogens is 1. The molecule has 0 aromatic rings. The molecule has 0 fully saturated rings. The van der Waals surface area contributed by atoms with Crippen molar-refractivity contribution < 1.29 is 13.6 Å². The molecule has 0 aliphatic rings. The molecular weight excluding hydrogens is 217 g/mol. The van der Waals surface area contributed by atoms with E-state index >= 15 is 0 Å². The highest BCUT2D eigenvalue weighted by atomic mass is 79.9. The molecule has 0 radical (unpaired) electrons. The van der Waals surface area contributed by atoms with Crippen LogP contribution in [-0.2, 0) is 9.09 Å². The molecule has 1 atom stereocenters. The Morgan fingerprint density at radius 2 is 2.00 bits per heavy atom. The summed E-state index contributed by atoms with van der Waals surface area (Å²) in [5, 5.41) is 0. The molecule has 0 bridgehead atoms. The number of hydrogen-bond acceptors (Lipinski definition) is 2. The van der Waals surface area contributed by atoms with Gasteiger partial charge in [0, 0.05) is 15.5 Å². The molecule has 0 saturated carbocycles. The van der Waals surface area contributed by atoms with Crippen molar-refractivity contribution >= 4 is 22.2 Å². The van der Waals surface area contributed by atoms with E-state index in [1.165, 1.54) is 0 Å². The Morgan fingerprint density at radius 3 is 2.30 bits per heavy atom. The summed E-state index contributed by atoms with van der Waals surface area (Å²) in [5.74, 6) is 0. The van der Waals surface area contributed by atoms with E-state index in [1.54, 1.807) is 0 Å². The number of likely N-dealkylation sites (N-methyl/N-ethyl adjacent to an activating group) is 1. The smallest absolute Gasteiger partial charge is 0.254 e. The molecule has 1 unspecified atom stereocenters. The molecule has 0 saturated heterocycles. The first-order chi connectivity index (χ1) is 4.42. The van der Waals surface area contributed by atoms with Crippen LogP contribution in [-0.4, -0.2) is 38.8 Å². The summed E-state index contributed by atoms with van der Waals surface area (Å²) in [6.07, 6.45) is 0. The first kappa shape index (κ1) is 10.6. The SMILES string of the molecule is C[N+](C)(C)CCO[PH](=O)Br. The van der Waals surface area contributed by atoms with Crippen LogP contribution in [0, 0.1) is 0 Å². The van der Waals surface area contributed by atoms with E-state index in [2.05, 4.69) is 36.6 Å². The average molecular weight is 231 g/mol. The van der Waals surface area contributed by atoms with E-state index < -0.39 is 6.73 Å². The third-order valence-electron chi connectivity index (χ3n) is 0.978. The lowest BCUT2D eigenvalue weighted by Gasteiger charge is -2.22. The van der Waals surface area contributed by atoms with Gasteiger partial charge in [0.1, 0.15) is 13.2 Å². The van der Waals surface area contributed by atoms with Crippen LogP contribution in [0.5, 0.6) is 0 Å². The molecule has 0 aromatic heterocycles. The van der Waals surface area contributed by atoms with E-state index in [9.17, 15) is 4.57 Å². The molecule has 0 amide bonds. The summed E-state index contributed by atoms with van der Waals surface area (Å²) >= 11 is 2.86. The molecule has 0 N–H and O–H groups in total. The van der Waals surface area contributed by atoms with Crippen LogP contribution in [0.15, 0.2) is 0 Å². The Balaban J connectivity index is 3.29. The van der Waals surface area contributed by atoms with Crippen molar-refractivity contribution in [3.05, 3.63) is 0 Å². The van der Waals surface area contributed by atoms with Crippen LogP contribution in [0.1, 0.15) is 0 Å². The Bertz CT molecular complexity index is 123. The van der Waals surface area contributed by atoms with Gasteiger partial charge >= 0.3 is 0 Å². The topological polar surface area (TPSA) is 26.3 Å². The highest BCUT2D eigenvalue weighted by Crippen LogP contribution is 2.30. The van der Waals surface area contributed by atoms with Crippen LogP contribution in [0.2, 0.25) is 0 Å². The lowest BCUT2D eigenvalue weighted by Crippen LogP contribution is -2.37. The molecule has 0 aliphatic heterocycles. The highest BCUT2D eigenvalue weighted by Gasteiger charge is 2.06. The van der Waals surface area contributed by atoms with Gasteiger partial charge in [-0.2, -0.15) is 0 Å². The van der Waals surface area contributed by atoms with E-state index in [4.69, 9.17) is 4.52 Å². The zero-order chi connectivity index (χ0) is 8.20. The van der Waals surface area contributed by atoms with Gasteiger partial charge in [0.05, 0.1) is 21.1 Å². The molecule has 62 valence electrons. The molecule has 0 heterocycles. The maximum Gasteiger partial charge on any atom is 0.254 e. The molecule has 3 nitrogen and oxygen atoms in total. The quantitative estimate of drug-likeness (QED) is 0.541. The second kappa shape index (κ2) is 4.50. The summed E-state index contributed by atoms with van der Waals surface area (Å²) in [7, 11) is 6.19. The van der Waals surface area contributed by atoms with Crippen molar-refractivity contribution in [2.75, 3.05) is 34.3 Å². The molecule has 0 rings (SSSR count). The predicted molar refractivity (Wildman–Crippen MR) is 46.8 cm³/mol. The molecule has 0 aliphatic carbocycles. The summed E-state index contributed by atoms with van der Waals surface area (Å²) < 4.78 is 16.1. The number of nitrogens with zero attached hydrogens (tertiary/aromatic N) is 1. The van der Waals surface area contributed by atoms with Gasteiger partial charge in [-0.3, -0.25) is 4.57 Å². The largest absolute Gasteiger partial charge is 0.329 e. The van der Waals surface area contributed by atoms with Crippen molar-refractivity contribution in [1.29, 1.82) is 0 Å². The standard InChI is InChI=1S/C5H14BrNO2P/c1-7(2,3)4-5-9-10(6)8/h10H,4-5H2,1-3H3/q+1. The van der Waals surface area contributed by atoms with Crippen molar-refractivity contribution in [2.24, 2.45) is 0 Å². The normalized spacial score (nSPS) is 15.2. The van der Waals surface area contributed by atoms with E-state index in [-0.39, 0.29) is 0 Å². The third-order valence-corrected chi connectivity index (χ3v) is 2.10. The number of rotatable bonds is 4. The highest BCUT2D eigenvalue weighted by molar-refractivity contribution is 9.37. The van der Waals surface area contributed by atoms with E-state index in [1.807, 2.05) is 0 Å². The van der Waals surface area contributed by atoms with Gasteiger partial charge in [0.15, 0.2) is 0 Å². The van der Waals surface area contributed by atoms with Gasteiger partial charge < -0.3 is 9.01 Å². The first-order valence-corrected chi connectivity index (χ1v) is 6.62. The Morgan fingerprint density at radius 1 is 1.50 bits per heavy atom. The summed E-state index contributed by atoms with van der Waals surface area (Å²) in [4.78, 5) is 0. The molecule has 0 aromatic carbocycles. The van der Waals surface area contributed by atoms with Crippen LogP contribution < -0.4 is 0 Å². The minimum atomic E-state index is -1.90. The van der Waals surface area contributed by atoms with Gasteiger partial charge in [-0.1, -0.05) is 0 Å². The fourth-order valence-corrected chi connectivity index (χ4v) is 1.14. The Labute approximate surface area is 70.6 Å². The maximum absolute atomic E-state index is 10.4. The van der Waals surface area contributed by atoms with E-state index in [0.29, 0.717) is 6.61 Å². The zero-order valence-electron chi connectivity index (χ0n) is 6.56. The second-order valence-corrected chi connectivity index (χ2v) is 5.81. The lowest BCUT2D eigenvalue weighted by atomic mass is 10.5. The minimum absolute atomic E-state index is 0.548. The van der Waals surface area contributed by atoms with Crippen molar-refractivity contribution in [1.82, 2.24) is 0 Å². The van der Waals surface area contributed by atoms with Gasteiger partial charge in [0.25, 0.3) is 6.73 Å². The lowest BCUT2D eigenvalue weighted by molar-refractivity contribution is -0.870. The zero-order valence-corrected chi connectivity index (χ0v) is 9.14. The first-order valence-electron chi connectivity index (χ1n) is 3.04. The van der Waals surface area contributed by atoms with Crippen molar-refractivity contribution in [2.45, 2.75) is 0 Å². The van der Waals surface area contributed by atoms with Gasteiger partial charge in [-0.15, -0.1) is 0 Å². The van der Waals surface area contributed by atoms with Crippen LogP contribution >= 0.6 is 22.2 Å². The second-order valence-electron chi connectivity index (χ2n) is 3.10. The van der Waals surface area contributed by atoms with Gasteiger partial charge in [-0.25, -0.2) is 0 Å². The Kier molecular flexibility index (Phi) is 4.78. The summed E-state index contributed by atoms with van der Waals surface area (Å²) in [5.41, 5.74) is 0.